The van der Waals surface area contributed by atoms with Crippen molar-refractivity contribution in [2.24, 2.45) is 5.41 Å². The number of nitrogens with zero attached hydrogens (tertiary/aromatic N) is 3. The van der Waals surface area contributed by atoms with Crippen LogP contribution in [0.5, 0.6) is 0 Å². The summed E-state index contributed by atoms with van der Waals surface area (Å²) in [6.45, 7) is 6.52. The van der Waals surface area contributed by atoms with Gasteiger partial charge in [-0.1, -0.05) is 0 Å². The molecule has 2 aliphatic heterocycles. The van der Waals surface area contributed by atoms with Gasteiger partial charge in [0.25, 0.3) is 0 Å². The molecule has 0 atom stereocenters. The maximum atomic E-state index is 11.9. The van der Waals surface area contributed by atoms with E-state index in [0.29, 0.717) is 17.9 Å². The van der Waals surface area contributed by atoms with Crippen LogP contribution in [0.25, 0.3) is 0 Å². The van der Waals surface area contributed by atoms with Gasteiger partial charge in [-0.25, -0.2) is 9.78 Å². The molecule has 3 heterocycles. The van der Waals surface area contributed by atoms with E-state index in [1.165, 1.54) is 44.5 Å². The zero-order valence-electron chi connectivity index (χ0n) is 14.4. The van der Waals surface area contributed by atoms with Crippen LogP contribution in [0, 0.1) is 5.41 Å². The summed E-state index contributed by atoms with van der Waals surface area (Å²) in [7, 11) is 0. The Hall–Kier alpha value is -1.14. The van der Waals surface area contributed by atoms with Crippen molar-refractivity contribution in [2.75, 3.05) is 32.8 Å². The first-order chi connectivity index (χ1) is 11.7. The molecule has 0 N–H and O–H groups in total. The van der Waals surface area contributed by atoms with E-state index in [2.05, 4.69) is 15.3 Å². The maximum Gasteiger partial charge on any atom is 0.409 e. The third-order valence-electron chi connectivity index (χ3n) is 6.22. The lowest BCUT2D eigenvalue weighted by Crippen LogP contribution is -2.54. The van der Waals surface area contributed by atoms with Crippen LogP contribution in [0.2, 0.25) is 0 Å². The Bertz CT molecular complexity index is 563. The lowest BCUT2D eigenvalue weighted by Gasteiger charge is -2.51. The second-order valence-corrected chi connectivity index (χ2v) is 8.37. The quantitative estimate of drug-likeness (QED) is 0.840. The van der Waals surface area contributed by atoms with Gasteiger partial charge < -0.3 is 14.5 Å². The van der Waals surface area contributed by atoms with Crippen molar-refractivity contribution in [1.29, 1.82) is 0 Å². The Morgan fingerprint density at radius 1 is 1.38 bits per heavy atom. The molecule has 1 aromatic heterocycles. The van der Waals surface area contributed by atoms with Crippen molar-refractivity contribution in [2.45, 2.75) is 51.0 Å². The molecule has 0 radical (unpaired) electrons. The van der Waals surface area contributed by atoms with Crippen molar-refractivity contribution in [3.05, 3.63) is 16.6 Å². The van der Waals surface area contributed by atoms with Gasteiger partial charge in [0, 0.05) is 30.4 Å². The van der Waals surface area contributed by atoms with E-state index in [9.17, 15) is 4.79 Å². The number of aromatic nitrogens is 1. The van der Waals surface area contributed by atoms with E-state index in [-0.39, 0.29) is 6.09 Å². The number of likely N-dealkylation sites (tertiary alicyclic amines) is 2. The zero-order chi connectivity index (χ0) is 16.6. The summed E-state index contributed by atoms with van der Waals surface area (Å²) in [5.41, 5.74) is 3.63. The molecule has 1 aromatic rings. The highest BCUT2D eigenvalue weighted by atomic mass is 32.1. The third-order valence-corrected chi connectivity index (χ3v) is 6.82. The van der Waals surface area contributed by atoms with Gasteiger partial charge in [0.05, 0.1) is 17.8 Å². The molecule has 1 saturated carbocycles. The monoisotopic (exact) mass is 349 g/mol. The SMILES string of the molecule is CCOC(=O)N1CCC2(CC(N3CCC(c4cscn4)CC3)C2)C1. The van der Waals surface area contributed by atoms with Gasteiger partial charge in [0.15, 0.2) is 0 Å². The summed E-state index contributed by atoms with van der Waals surface area (Å²) in [5, 5.41) is 2.21. The number of carbonyl (C=O) groups is 1. The van der Waals surface area contributed by atoms with Crippen molar-refractivity contribution in [1.82, 2.24) is 14.8 Å². The van der Waals surface area contributed by atoms with E-state index in [1.807, 2.05) is 17.3 Å². The van der Waals surface area contributed by atoms with Gasteiger partial charge in [0.1, 0.15) is 0 Å². The molecule has 5 nitrogen and oxygen atoms in total. The van der Waals surface area contributed by atoms with Gasteiger partial charge in [-0.05, 0) is 57.5 Å². The van der Waals surface area contributed by atoms with E-state index in [4.69, 9.17) is 4.74 Å². The number of carbonyl (C=O) groups excluding carboxylic acids is 1. The maximum absolute atomic E-state index is 11.9. The number of piperidine rings is 1. The molecule has 0 bridgehead atoms. The Morgan fingerprint density at radius 2 is 2.17 bits per heavy atom. The molecule has 4 rings (SSSR count). The molecule has 6 heteroatoms. The average molecular weight is 350 g/mol. The molecule has 1 amide bonds. The highest BCUT2D eigenvalue weighted by Crippen LogP contribution is 2.51. The van der Waals surface area contributed by atoms with Crippen molar-refractivity contribution < 1.29 is 9.53 Å². The second-order valence-electron chi connectivity index (χ2n) is 7.66. The van der Waals surface area contributed by atoms with Crippen LogP contribution < -0.4 is 0 Å². The number of amides is 1. The summed E-state index contributed by atoms with van der Waals surface area (Å²) < 4.78 is 5.15. The molecule has 1 aliphatic carbocycles. The summed E-state index contributed by atoms with van der Waals surface area (Å²) in [6.07, 6.45) is 6.01. The van der Waals surface area contributed by atoms with Gasteiger partial charge in [-0.15, -0.1) is 11.3 Å². The normalized spacial score (nSPS) is 31.4. The van der Waals surface area contributed by atoms with Crippen LogP contribution in [0.3, 0.4) is 0 Å². The van der Waals surface area contributed by atoms with Gasteiger partial charge in [-0.2, -0.15) is 0 Å². The Morgan fingerprint density at radius 3 is 2.83 bits per heavy atom. The number of hydrogen-bond acceptors (Lipinski definition) is 5. The van der Waals surface area contributed by atoms with Crippen molar-refractivity contribution >= 4 is 17.4 Å². The van der Waals surface area contributed by atoms with Crippen LogP contribution in [0.4, 0.5) is 4.79 Å². The predicted molar refractivity (Wildman–Crippen MR) is 94.3 cm³/mol. The van der Waals surface area contributed by atoms with Crippen LogP contribution in [-0.4, -0.2) is 59.7 Å². The molecule has 3 fully saturated rings. The van der Waals surface area contributed by atoms with E-state index >= 15 is 0 Å². The van der Waals surface area contributed by atoms with E-state index in [0.717, 1.165) is 25.6 Å². The fraction of sp³-hybridized carbons (Fsp3) is 0.778. The first kappa shape index (κ1) is 16.3. The minimum atomic E-state index is -0.123. The minimum Gasteiger partial charge on any atom is -0.450 e. The standard InChI is InChI=1S/C18H27N3O2S/c1-2-23-17(22)21-8-5-18(12-21)9-15(10-18)20-6-3-14(4-7-20)16-11-24-13-19-16/h11,13-15H,2-10,12H2,1H3. The molecular weight excluding hydrogens is 322 g/mol. The third kappa shape index (κ3) is 3.06. The highest BCUT2D eigenvalue weighted by Gasteiger charge is 2.51. The lowest BCUT2D eigenvalue weighted by atomic mass is 9.64. The highest BCUT2D eigenvalue weighted by molar-refractivity contribution is 7.07. The minimum absolute atomic E-state index is 0.123. The molecule has 24 heavy (non-hydrogen) atoms. The van der Waals surface area contributed by atoms with Crippen LogP contribution in [0.1, 0.15) is 50.6 Å². The van der Waals surface area contributed by atoms with Crippen LogP contribution in [0.15, 0.2) is 10.9 Å². The van der Waals surface area contributed by atoms with Gasteiger partial charge >= 0.3 is 6.09 Å². The Kier molecular flexibility index (Phi) is 4.52. The van der Waals surface area contributed by atoms with Crippen LogP contribution >= 0.6 is 11.3 Å². The summed E-state index contributed by atoms with van der Waals surface area (Å²) in [5.74, 6) is 0.660. The van der Waals surface area contributed by atoms with Crippen molar-refractivity contribution in [3.8, 4) is 0 Å². The van der Waals surface area contributed by atoms with E-state index in [1.54, 1.807) is 11.3 Å². The first-order valence-electron chi connectivity index (χ1n) is 9.23. The Balaban J connectivity index is 1.24. The number of thiazole rings is 1. The molecule has 2 saturated heterocycles. The first-order valence-corrected chi connectivity index (χ1v) is 10.2. The Labute approximate surface area is 148 Å². The number of ether oxygens (including phenoxy) is 1. The fourth-order valence-electron chi connectivity index (χ4n) is 4.82. The van der Waals surface area contributed by atoms with E-state index < -0.39 is 0 Å². The molecule has 3 aliphatic rings. The molecule has 0 aromatic carbocycles. The summed E-state index contributed by atoms with van der Waals surface area (Å²) >= 11 is 1.71. The predicted octanol–water partition coefficient (Wildman–Crippen LogP) is 3.33. The summed E-state index contributed by atoms with van der Waals surface area (Å²) in [6, 6.07) is 0.725. The fourth-order valence-corrected chi connectivity index (χ4v) is 5.46. The largest absolute Gasteiger partial charge is 0.450 e. The average Bonchev–Trinajstić information content (AvgIpc) is 3.24. The topological polar surface area (TPSA) is 45.7 Å². The second kappa shape index (κ2) is 6.64. The van der Waals surface area contributed by atoms with Crippen molar-refractivity contribution in [3.63, 3.8) is 0 Å². The molecule has 1 spiro atoms. The number of hydrogen-bond donors (Lipinski definition) is 0. The molecular formula is C18H27N3O2S. The number of rotatable bonds is 3. The zero-order valence-corrected chi connectivity index (χ0v) is 15.3. The lowest BCUT2D eigenvalue weighted by molar-refractivity contribution is -0.00486. The molecule has 0 unspecified atom stereocenters. The summed E-state index contributed by atoms with van der Waals surface area (Å²) in [4.78, 5) is 21.0. The van der Waals surface area contributed by atoms with Gasteiger partial charge in [0.2, 0.25) is 0 Å². The van der Waals surface area contributed by atoms with Gasteiger partial charge in [-0.3, -0.25) is 0 Å². The molecule has 132 valence electrons. The van der Waals surface area contributed by atoms with Crippen LogP contribution in [-0.2, 0) is 4.74 Å². The smallest absolute Gasteiger partial charge is 0.409 e.